The lowest BCUT2D eigenvalue weighted by molar-refractivity contribution is 0.0527. The quantitative estimate of drug-likeness (QED) is 0.641. The Morgan fingerprint density at radius 1 is 1.42 bits per heavy atom. The smallest absolute Gasteiger partial charge is 0.340 e. The Kier molecular flexibility index (Phi) is 5.48. The van der Waals surface area contributed by atoms with Crippen molar-refractivity contribution in [2.75, 3.05) is 17.7 Å². The van der Waals surface area contributed by atoms with Crippen molar-refractivity contribution in [2.24, 2.45) is 5.92 Å². The van der Waals surface area contributed by atoms with Crippen molar-refractivity contribution < 1.29 is 9.53 Å². The van der Waals surface area contributed by atoms with E-state index in [0.717, 1.165) is 0 Å². The summed E-state index contributed by atoms with van der Waals surface area (Å²) in [5.41, 5.74) is 7.13. The molecule has 0 aliphatic rings. The first-order valence-electron chi connectivity index (χ1n) is 6.39. The predicted molar refractivity (Wildman–Crippen MR) is 79.7 cm³/mol. The van der Waals surface area contributed by atoms with E-state index >= 15 is 0 Å². The van der Waals surface area contributed by atoms with Crippen LogP contribution in [0.4, 0.5) is 11.4 Å². The van der Waals surface area contributed by atoms with E-state index in [-0.39, 0.29) is 6.04 Å². The lowest BCUT2D eigenvalue weighted by atomic mass is 10.0. The molecular weight excluding hydrogens is 264 g/mol. The van der Waals surface area contributed by atoms with Gasteiger partial charge < -0.3 is 15.8 Å². The molecule has 0 fully saturated rings. The summed E-state index contributed by atoms with van der Waals surface area (Å²) in [5, 5.41) is 3.68. The summed E-state index contributed by atoms with van der Waals surface area (Å²) >= 11 is 6.18. The largest absolute Gasteiger partial charge is 0.462 e. The number of nitrogen functional groups attached to an aromatic ring is 1. The summed E-state index contributed by atoms with van der Waals surface area (Å²) in [5.74, 6) is -0.0150. The molecular formula is C14H21ClN2O2. The Balaban J connectivity index is 3.16. The van der Waals surface area contributed by atoms with Gasteiger partial charge in [-0.2, -0.15) is 0 Å². The molecule has 19 heavy (non-hydrogen) atoms. The van der Waals surface area contributed by atoms with Crippen molar-refractivity contribution in [3.63, 3.8) is 0 Å². The number of nitrogens with one attached hydrogen (secondary N) is 1. The van der Waals surface area contributed by atoms with Gasteiger partial charge in [0.1, 0.15) is 0 Å². The maximum Gasteiger partial charge on any atom is 0.340 e. The molecule has 1 unspecified atom stereocenters. The normalized spacial score (nSPS) is 12.3. The van der Waals surface area contributed by atoms with E-state index in [1.807, 2.05) is 6.92 Å². The standard InChI is InChI=1S/C14H21ClN2O2/c1-5-19-14(18)11-6-10(16)7-12(15)13(11)17-9(4)8(2)3/h6-9,17H,5,16H2,1-4H3. The maximum absolute atomic E-state index is 11.9. The molecule has 4 nitrogen and oxygen atoms in total. The van der Waals surface area contributed by atoms with Gasteiger partial charge in [-0.3, -0.25) is 0 Å². The van der Waals surface area contributed by atoms with Gasteiger partial charge in [-0.15, -0.1) is 0 Å². The van der Waals surface area contributed by atoms with Crippen LogP contribution in [-0.2, 0) is 4.74 Å². The molecule has 3 N–H and O–H groups in total. The minimum Gasteiger partial charge on any atom is -0.462 e. The third kappa shape index (κ3) is 4.03. The number of nitrogens with two attached hydrogens (primary N) is 1. The Bertz CT molecular complexity index is 461. The molecule has 0 aliphatic heterocycles. The van der Waals surface area contributed by atoms with Crippen LogP contribution in [-0.4, -0.2) is 18.6 Å². The zero-order chi connectivity index (χ0) is 14.6. The Morgan fingerprint density at radius 3 is 2.58 bits per heavy atom. The predicted octanol–water partition coefficient (Wildman–Crippen LogP) is 3.56. The number of carbonyl (C=O) groups excluding carboxylic acids is 1. The number of esters is 1. The van der Waals surface area contributed by atoms with Crippen LogP contribution in [0.25, 0.3) is 0 Å². The molecule has 0 saturated heterocycles. The molecule has 0 aromatic heterocycles. The Labute approximate surface area is 119 Å². The molecule has 1 rings (SSSR count). The zero-order valence-electron chi connectivity index (χ0n) is 11.8. The second-order valence-corrected chi connectivity index (χ2v) is 5.23. The summed E-state index contributed by atoms with van der Waals surface area (Å²) in [6, 6.07) is 3.38. The molecule has 0 spiro atoms. The average Bonchev–Trinajstić information content (AvgIpc) is 2.32. The number of ether oxygens (including phenoxy) is 1. The molecule has 0 saturated carbocycles. The fourth-order valence-corrected chi connectivity index (χ4v) is 1.82. The van der Waals surface area contributed by atoms with Crippen LogP contribution in [0, 0.1) is 5.92 Å². The molecule has 0 aliphatic carbocycles. The van der Waals surface area contributed by atoms with Crippen LogP contribution in [0.3, 0.4) is 0 Å². The fourth-order valence-electron chi connectivity index (χ4n) is 1.54. The summed E-state index contributed by atoms with van der Waals surface area (Å²) in [7, 11) is 0. The topological polar surface area (TPSA) is 64.3 Å². The summed E-state index contributed by atoms with van der Waals surface area (Å²) in [6.45, 7) is 8.28. The summed E-state index contributed by atoms with van der Waals surface area (Å²) in [6.07, 6.45) is 0. The van der Waals surface area contributed by atoms with Crippen molar-refractivity contribution >= 4 is 28.9 Å². The van der Waals surface area contributed by atoms with Crippen molar-refractivity contribution in [1.29, 1.82) is 0 Å². The molecule has 1 atom stereocenters. The van der Waals surface area contributed by atoms with Crippen LogP contribution < -0.4 is 11.1 Å². The number of rotatable bonds is 5. The molecule has 1 aromatic carbocycles. The van der Waals surface area contributed by atoms with E-state index in [2.05, 4.69) is 19.2 Å². The molecule has 106 valence electrons. The molecule has 1 aromatic rings. The van der Waals surface area contributed by atoms with Gasteiger partial charge in [-0.1, -0.05) is 25.4 Å². The minimum absolute atomic E-state index is 0.175. The van der Waals surface area contributed by atoms with Gasteiger partial charge in [-0.05, 0) is 31.9 Å². The molecule has 0 heterocycles. The molecule has 0 amide bonds. The number of hydrogen-bond donors (Lipinski definition) is 2. The third-order valence-electron chi connectivity index (χ3n) is 2.98. The molecule has 0 radical (unpaired) electrons. The van der Waals surface area contributed by atoms with Gasteiger partial charge in [0.2, 0.25) is 0 Å². The Hall–Kier alpha value is -1.42. The fraction of sp³-hybridized carbons (Fsp3) is 0.500. The van der Waals surface area contributed by atoms with Crippen molar-refractivity contribution in [3.05, 3.63) is 22.7 Å². The third-order valence-corrected chi connectivity index (χ3v) is 3.28. The number of carbonyl (C=O) groups is 1. The highest BCUT2D eigenvalue weighted by atomic mass is 35.5. The van der Waals surface area contributed by atoms with Crippen molar-refractivity contribution in [2.45, 2.75) is 33.7 Å². The van der Waals surface area contributed by atoms with Gasteiger partial charge in [0.05, 0.1) is 22.9 Å². The first kappa shape index (κ1) is 15.6. The van der Waals surface area contributed by atoms with Crippen molar-refractivity contribution in [1.82, 2.24) is 0 Å². The van der Waals surface area contributed by atoms with Crippen LogP contribution in [0.15, 0.2) is 12.1 Å². The number of anilines is 2. The van der Waals surface area contributed by atoms with Gasteiger partial charge in [0.25, 0.3) is 0 Å². The van der Waals surface area contributed by atoms with Gasteiger partial charge in [0.15, 0.2) is 0 Å². The van der Waals surface area contributed by atoms with Crippen LogP contribution in [0.5, 0.6) is 0 Å². The Morgan fingerprint density at radius 2 is 2.05 bits per heavy atom. The van der Waals surface area contributed by atoms with Gasteiger partial charge >= 0.3 is 5.97 Å². The van der Waals surface area contributed by atoms with Crippen LogP contribution >= 0.6 is 11.6 Å². The highest BCUT2D eigenvalue weighted by Gasteiger charge is 2.19. The number of halogens is 1. The van der Waals surface area contributed by atoms with Crippen molar-refractivity contribution in [3.8, 4) is 0 Å². The van der Waals surface area contributed by atoms with E-state index < -0.39 is 5.97 Å². The monoisotopic (exact) mass is 284 g/mol. The van der Waals surface area contributed by atoms with Gasteiger partial charge in [-0.25, -0.2) is 4.79 Å². The van der Waals surface area contributed by atoms with E-state index in [1.165, 1.54) is 0 Å². The minimum atomic E-state index is -0.421. The number of hydrogen-bond acceptors (Lipinski definition) is 4. The number of benzene rings is 1. The van der Waals surface area contributed by atoms with E-state index in [9.17, 15) is 4.79 Å². The van der Waals surface area contributed by atoms with E-state index in [1.54, 1.807) is 19.1 Å². The maximum atomic E-state index is 11.9. The highest BCUT2D eigenvalue weighted by Crippen LogP contribution is 2.31. The highest BCUT2D eigenvalue weighted by molar-refractivity contribution is 6.34. The van der Waals surface area contributed by atoms with E-state index in [0.29, 0.717) is 34.5 Å². The average molecular weight is 285 g/mol. The summed E-state index contributed by atoms with van der Waals surface area (Å²) in [4.78, 5) is 11.9. The summed E-state index contributed by atoms with van der Waals surface area (Å²) < 4.78 is 5.03. The first-order valence-corrected chi connectivity index (χ1v) is 6.77. The second-order valence-electron chi connectivity index (χ2n) is 4.82. The molecule has 0 bridgehead atoms. The SMILES string of the molecule is CCOC(=O)c1cc(N)cc(Cl)c1NC(C)C(C)C. The molecule has 5 heteroatoms. The zero-order valence-corrected chi connectivity index (χ0v) is 12.5. The van der Waals surface area contributed by atoms with Gasteiger partial charge in [0, 0.05) is 11.7 Å². The van der Waals surface area contributed by atoms with E-state index in [4.69, 9.17) is 22.1 Å². The lowest BCUT2D eigenvalue weighted by Gasteiger charge is -2.22. The first-order chi connectivity index (χ1) is 8.86. The lowest BCUT2D eigenvalue weighted by Crippen LogP contribution is -2.23. The second kappa shape index (κ2) is 6.66. The van der Waals surface area contributed by atoms with Crippen LogP contribution in [0.1, 0.15) is 38.1 Å². The van der Waals surface area contributed by atoms with Crippen LogP contribution in [0.2, 0.25) is 5.02 Å².